The minimum atomic E-state index is 0.430. The van der Waals surface area contributed by atoms with Crippen molar-refractivity contribution in [2.45, 2.75) is 67.7 Å². The first-order valence-electron chi connectivity index (χ1n) is 7.33. The summed E-state index contributed by atoms with van der Waals surface area (Å²) in [4.78, 5) is 0. The lowest BCUT2D eigenvalue weighted by atomic mass is 9.45. The molecule has 0 bridgehead atoms. The third-order valence-corrected chi connectivity index (χ3v) is 6.89. The van der Waals surface area contributed by atoms with Crippen molar-refractivity contribution in [1.29, 1.82) is 0 Å². The van der Waals surface area contributed by atoms with Crippen LogP contribution in [-0.4, -0.2) is 0 Å². The highest BCUT2D eigenvalue weighted by Gasteiger charge is 2.54. The largest absolute Gasteiger partial charge is 0.0842 e. The van der Waals surface area contributed by atoms with Crippen molar-refractivity contribution in [3.8, 4) is 0 Å². The van der Waals surface area contributed by atoms with Crippen LogP contribution in [0.5, 0.6) is 0 Å². The van der Waals surface area contributed by atoms with Crippen LogP contribution in [0.2, 0.25) is 0 Å². The van der Waals surface area contributed by atoms with Gasteiger partial charge in [-0.3, -0.25) is 0 Å². The van der Waals surface area contributed by atoms with E-state index in [1.807, 2.05) is 0 Å². The number of rotatable bonds is 0. The van der Waals surface area contributed by atoms with Crippen molar-refractivity contribution in [1.82, 2.24) is 0 Å². The highest BCUT2D eigenvalue weighted by molar-refractivity contribution is 5.28. The van der Waals surface area contributed by atoms with Gasteiger partial charge in [-0.1, -0.05) is 60.1 Å². The van der Waals surface area contributed by atoms with Gasteiger partial charge >= 0.3 is 0 Å². The van der Waals surface area contributed by atoms with E-state index in [-0.39, 0.29) is 0 Å². The van der Waals surface area contributed by atoms with Gasteiger partial charge in [-0.25, -0.2) is 0 Å². The fraction of sp³-hybridized carbons (Fsp3) is 0.882. The van der Waals surface area contributed by atoms with Gasteiger partial charge in [-0.05, 0) is 47.3 Å². The quantitative estimate of drug-likeness (QED) is 0.489. The number of hydrogen-bond acceptors (Lipinski definition) is 0. The maximum atomic E-state index is 2.58. The summed E-state index contributed by atoms with van der Waals surface area (Å²) >= 11 is 0. The van der Waals surface area contributed by atoms with Crippen LogP contribution >= 0.6 is 0 Å². The molecule has 0 spiro atoms. The van der Waals surface area contributed by atoms with Crippen LogP contribution in [0.3, 0.4) is 0 Å². The summed E-state index contributed by atoms with van der Waals surface area (Å²) in [5.74, 6) is 1.55. The molecule has 1 saturated carbocycles. The first-order valence-corrected chi connectivity index (χ1v) is 7.33. The van der Waals surface area contributed by atoms with Gasteiger partial charge in [0, 0.05) is 0 Å². The standard InChI is InChI=1S/C17H30/c1-12-8-9-14-13(2)15(3,4)10-11-17(14,7)16(12,5)6/h9,12-13H,8,10-11H2,1-7H3/t12?,13?,17-/m1/s1. The molecule has 0 heterocycles. The zero-order valence-corrected chi connectivity index (χ0v) is 12.9. The lowest BCUT2D eigenvalue weighted by Crippen LogP contribution is -2.50. The predicted octanol–water partition coefficient (Wildman–Crippen LogP) is 5.44. The van der Waals surface area contributed by atoms with Gasteiger partial charge in [0.1, 0.15) is 0 Å². The van der Waals surface area contributed by atoms with Crippen LogP contribution in [0.1, 0.15) is 67.7 Å². The van der Waals surface area contributed by atoms with Crippen LogP contribution in [0.25, 0.3) is 0 Å². The normalized spacial score (nSPS) is 43.8. The molecule has 0 N–H and O–H groups in total. The summed E-state index contributed by atoms with van der Waals surface area (Å²) in [6.07, 6.45) is 6.60. The number of fused-ring (bicyclic) bond motifs is 1. The van der Waals surface area contributed by atoms with Crippen LogP contribution < -0.4 is 0 Å². The molecule has 0 heteroatoms. The molecule has 3 atom stereocenters. The van der Waals surface area contributed by atoms with Gasteiger partial charge in [0.15, 0.2) is 0 Å². The van der Waals surface area contributed by atoms with Gasteiger partial charge in [0.25, 0.3) is 0 Å². The Morgan fingerprint density at radius 1 is 1.00 bits per heavy atom. The van der Waals surface area contributed by atoms with Crippen LogP contribution in [0.4, 0.5) is 0 Å². The van der Waals surface area contributed by atoms with Crippen molar-refractivity contribution in [2.24, 2.45) is 28.1 Å². The van der Waals surface area contributed by atoms with Crippen molar-refractivity contribution in [2.75, 3.05) is 0 Å². The highest BCUT2D eigenvalue weighted by atomic mass is 14.6. The maximum Gasteiger partial charge on any atom is -0.00595 e. The zero-order chi connectivity index (χ0) is 13.1. The number of allylic oxidation sites excluding steroid dienone is 2. The third kappa shape index (κ3) is 1.63. The van der Waals surface area contributed by atoms with E-state index in [9.17, 15) is 0 Å². The molecule has 2 rings (SSSR count). The molecule has 0 nitrogen and oxygen atoms in total. The Morgan fingerprint density at radius 2 is 1.59 bits per heavy atom. The Kier molecular flexibility index (Phi) is 2.81. The molecule has 0 aromatic carbocycles. The molecule has 0 aromatic heterocycles. The number of hydrogen-bond donors (Lipinski definition) is 0. The van der Waals surface area contributed by atoms with Crippen LogP contribution in [-0.2, 0) is 0 Å². The second-order valence-electron chi connectivity index (χ2n) is 8.06. The van der Waals surface area contributed by atoms with E-state index in [1.54, 1.807) is 5.57 Å². The Morgan fingerprint density at radius 3 is 2.18 bits per heavy atom. The predicted molar refractivity (Wildman–Crippen MR) is 75.9 cm³/mol. The second kappa shape index (κ2) is 3.62. The zero-order valence-electron chi connectivity index (χ0n) is 12.9. The van der Waals surface area contributed by atoms with Gasteiger partial charge in [0.2, 0.25) is 0 Å². The minimum absolute atomic E-state index is 0.430. The van der Waals surface area contributed by atoms with E-state index in [2.05, 4.69) is 54.5 Å². The summed E-state index contributed by atoms with van der Waals surface area (Å²) in [5.41, 5.74) is 3.13. The first kappa shape index (κ1) is 13.2. The summed E-state index contributed by atoms with van der Waals surface area (Å²) in [5, 5.41) is 0. The second-order valence-corrected chi connectivity index (χ2v) is 8.06. The molecule has 0 radical (unpaired) electrons. The Balaban J connectivity index is 2.48. The van der Waals surface area contributed by atoms with Crippen LogP contribution in [0, 0.1) is 28.1 Å². The molecule has 17 heavy (non-hydrogen) atoms. The van der Waals surface area contributed by atoms with E-state index in [0.29, 0.717) is 16.2 Å². The average molecular weight is 234 g/mol. The fourth-order valence-electron chi connectivity index (χ4n) is 4.07. The summed E-state index contributed by atoms with van der Waals surface area (Å²) in [7, 11) is 0. The molecule has 1 fully saturated rings. The van der Waals surface area contributed by atoms with Crippen molar-refractivity contribution in [3.63, 3.8) is 0 Å². The van der Waals surface area contributed by atoms with E-state index in [1.165, 1.54) is 19.3 Å². The van der Waals surface area contributed by atoms with E-state index in [4.69, 9.17) is 0 Å². The minimum Gasteiger partial charge on any atom is -0.0842 e. The molecule has 0 aliphatic heterocycles. The van der Waals surface area contributed by atoms with Crippen LogP contribution in [0.15, 0.2) is 11.6 Å². The van der Waals surface area contributed by atoms with Gasteiger partial charge in [-0.2, -0.15) is 0 Å². The molecular weight excluding hydrogens is 204 g/mol. The SMILES string of the molecule is CC1C2=CCC(C)C(C)(C)[C@]2(C)CCC1(C)C. The molecular formula is C17H30. The lowest BCUT2D eigenvalue weighted by Gasteiger charge is -2.59. The molecule has 98 valence electrons. The molecule has 0 aromatic rings. The average Bonchev–Trinajstić information content (AvgIpc) is 2.22. The topological polar surface area (TPSA) is 0 Å². The summed E-state index contributed by atoms with van der Waals surface area (Å²) in [6, 6.07) is 0. The van der Waals surface area contributed by atoms with Gasteiger partial charge < -0.3 is 0 Å². The van der Waals surface area contributed by atoms with Gasteiger partial charge in [-0.15, -0.1) is 0 Å². The smallest absolute Gasteiger partial charge is 0.00595 e. The van der Waals surface area contributed by atoms with Crippen molar-refractivity contribution >= 4 is 0 Å². The van der Waals surface area contributed by atoms with Crippen molar-refractivity contribution < 1.29 is 0 Å². The Labute approximate surface area is 108 Å². The van der Waals surface area contributed by atoms with Crippen molar-refractivity contribution in [3.05, 3.63) is 11.6 Å². The van der Waals surface area contributed by atoms with E-state index in [0.717, 1.165) is 11.8 Å². The third-order valence-electron chi connectivity index (χ3n) is 6.89. The van der Waals surface area contributed by atoms with E-state index >= 15 is 0 Å². The molecule has 0 saturated heterocycles. The highest BCUT2D eigenvalue weighted by Crippen LogP contribution is 2.63. The summed E-state index contributed by atoms with van der Waals surface area (Å²) in [6.45, 7) is 17.3. The first-order chi connectivity index (χ1) is 7.63. The summed E-state index contributed by atoms with van der Waals surface area (Å²) < 4.78 is 0. The monoisotopic (exact) mass is 234 g/mol. The van der Waals surface area contributed by atoms with Gasteiger partial charge in [0.05, 0.1) is 0 Å². The molecule has 2 aliphatic rings. The Bertz CT molecular complexity index is 345. The Hall–Kier alpha value is -0.260. The molecule has 0 amide bonds. The lowest BCUT2D eigenvalue weighted by molar-refractivity contribution is -0.0129. The maximum absolute atomic E-state index is 2.58. The fourth-order valence-corrected chi connectivity index (χ4v) is 4.07. The van der Waals surface area contributed by atoms with E-state index < -0.39 is 0 Å². The molecule has 2 aliphatic carbocycles. The molecule has 2 unspecified atom stereocenters.